The molecule has 0 radical (unpaired) electrons. The first-order valence-corrected chi connectivity index (χ1v) is 13.0. The third-order valence-corrected chi connectivity index (χ3v) is 7.02. The molecular weight excluding hydrogens is 495 g/mol. The predicted octanol–water partition coefficient (Wildman–Crippen LogP) is 6.02. The van der Waals surface area contributed by atoms with E-state index >= 15 is 0 Å². The van der Waals surface area contributed by atoms with E-state index in [4.69, 9.17) is 28.3 Å². The van der Waals surface area contributed by atoms with Gasteiger partial charge in [-0.1, -0.05) is 56.1 Å². The van der Waals surface area contributed by atoms with E-state index in [0.717, 1.165) is 48.4 Å². The fourth-order valence-corrected chi connectivity index (χ4v) is 5.19. The van der Waals surface area contributed by atoms with Crippen LogP contribution in [0.4, 0.5) is 0 Å². The van der Waals surface area contributed by atoms with Crippen LogP contribution in [0, 0.1) is 5.41 Å². The molecule has 1 aliphatic rings. The number of carbonyl (C=O) groups excluding carboxylic acids is 2. The largest absolute Gasteiger partial charge is 0.355 e. The fraction of sp³-hybridized carbons (Fsp3) is 0.393. The van der Waals surface area contributed by atoms with E-state index in [-0.39, 0.29) is 23.1 Å². The van der Waals surface area contributed by atoms with Crippen molar-refractivity contribution in [2.24, 2.45) is 5.41 Å². The fourth-order valence-electron chi connectivity index (χ4n) is 4.66. The molecule has 0 atom stereocenters. The second-order valence-electron chi connectivity index (χ2n) is 10.4. The van der Waals surface area contributed by atoms with Crippen LogP contribution in [0.2, 0.25) is 10.0 Å². The number of amides is 2. The summed E-state index contributed by atoms with van der Waals surface area (Å²) < 4.78 is 2.03. The van der Waals surface area contributed by atoms with Crippen molar-refractivity contribution in [1.82, 2.24) is 20.0 Å². The van der Waals surface area contributed by atoms with Crippen LogP contribution in [0.1, 0.15) is 61.1 Å². The molecule has 8 heteroatoms. The van der Waals surface area contributed by atoms with Crippen molar-refractivity contribution < 1.29 is 9.59 Å². The number of nitrogens with zero attached hydrogens (tertiary/aromatic N) is 3. The van der Waals surface area contributed by atoms with Gasteiger partial charge in [0.15, 0.2) is 0 Å². The normalized spacial score (nSPS) is 14.7. The van der Waals surface area contributed by atoms with Crippen LogP contribution in [0.3, 0.4) is 0 Å². The van der Waals surface area contributed by atoms with Gasteiger partial charge in [-0.15, -0.1) is 0 Å². The van der Waals surface area contributed by atoms with Crippen LogP contribution in [0.15, 0.2) is 48.5 Å². The van der Waals surface area contributed by atoms with Crippen LogP contribution in [-0.4, -0.2) is 46.6 Å². The number of hydrogen-bond acceptors (Lipinski definition) is 3. The zero-order chi connectivity index (χ0) is 26.0. The molecule has 0 saturated carbocycles. The van der Waals surface area contributed by atoms with Gasteiger partial charge in [0.1, 0.15) is 0 Å². The smallest absolute Gasteiger partial charge is 0.251 e. The third kappa shape index (κ3) is 5.93. The Kier molecular flexibility index (Phi) is 7.76. The van der Waals surface area contributed by atoms with Crippen molar-refractivity contribution in [1.29, 1.82) is 0 Å². The molecule has 0 unspecified atom stereocenters. The van der Waals surface area contributed by atoms with Crippen molar-refractivity contribution in [3.8, 4) is 11.3 Å². The Hall–Kier alpha value is -2.83. The number of piperidine rings is 1. The second-order valence-corrected chi connectivity index (χ2v) is 11.2. The molecule has 1 aliphatic heterocycles. The summed E-state index contributed by atoms with van der Waals surface area (Å²) in [6.07, 6.45) is 1.75. The Balaban J connectivity index is 1.63. The first kappa shape index (κ1) is 26.2. The molecule has 4 rings (SSSR count). The molecule has 1 N–H and O–H groups in total. The molecule has 6 nitrogen and oxygen atoms in total. The maximum absolute atomic E-state index is 12.8. The SMILES string of the molecule is CNC(=O)c1ccc(Cn2nc(-c3cc(Cl)cc(Cl)c3)cc2C2CCN(C(=O)C(C)(C)C)CC2)cc1. The Morgan fingerprint density at radius 3 is 2.17 bits per heavy atom. The Morgan fingerprint density at radius 2 is 1.61 bits per heavy atom. The van der Waals surface area contributed by atoms with E-state index in [1.165, 1.54) is 0 Å². The van der Waals surface area contributed by atoms with Gasteiger partial charge >= 0.3 is 0 Å². The van der Waals surface area contributed by atoms with Crippen LogP contribution in [-0.2, 0) is 11.3 Å². The van der Waals surface area contributed by atoms with Gasteiger partial charge in [-0.2, -0.15) is 5.10 Å². The van der Waals surface area contributed by atoms with Gasteiger partial charge in [0.05, 0.1) is 12.2 Å². The van der Waals surface area contributed by atoms with Crippen LogP contribution in [0.25, 0.3) is 11.3 Å². The highest BCUT2D eigenvalue weighted by Gasteiger charge is 2.32. The van der Waals surface area contributed by atoms with Crippen molar-refractivity contribution in [3.05, 3.63) is 75.4 Å². The van der Waals surface area contributed by atoms with E-state index in [1.807, 2.05) is 66.8 Å². The molecule has 190 valence electrons. The van der Waals surface area contributed by atoms with Crippen molar-refractivity contribution in [2.45, 2.75) is 46.1 Å². The minimum Gasteiger partial charge on any atom is -0.355 e. The summed E-state index contributed by atoms with van der Waals surface area (Å²) in [5.74, 6) is 0.355. The average Bonchev–Trinajstić information content (AvgIpc) is 3.26. The summed E-state index contributed by atoms with van der Waals surface area (Å²) in [6, 6.07) is 15.1. The molecule has 2 heterocycles. The van der Waals surface area contributed by atoms with Gasteiger partial charge in [-0.3, -0.25) is 14.3 Å². The zero-order valence-corrected chi connectivity index (χ0v) is 22.7. The lowest BCUT2D eigenvalue weighted by Gasteiger charge is -2.35. The van der Waals surface area contributed by atoms with Crippen LogP contribution < -0.4 is 5.32 Å². The zero-order valence-electron chi connectivity index (χ0n) is 21.1. The summed E-state index contributed by atoms with van der Waals surface area (Å²) in [5, 5.41) is 8.71. The molecule has 0 spiro atoms. The minimum absolute atomic E-state index is 0.113. The molecule has 1 aromatic heterocycles. The molecular formula is C28H32Cl2N4O2. The average molecular weight is 527 g/mol. The number of hydrogen-bond donors (Lipinski definition) is 1. The number of nitrogens with one attached hydrogen (secondary N) is 1. The van der Waals surface area contributed by atoms with E-state index < -0.39 is 0 Å². The lowest BCUT2D eigenvalue weighted by molar-refractivity contribution is -0.140. The van der Waals surface area contributed by atoms with Crippen molar-refractivity contribution in [2.75, 3.05) is 20.1 Å². The number of aromatic nitrogens is 2. The van der Waals surface area contributed by atoms with E-state index in [1.54, 1.807) is 13.1 Å². The number of benzene rings is 2. The molecule has 1 fully saturated rings. The highest BCUT2D eigenvalue weighted by Crippen LogP contribution is 2.34. The Morgan fingerprint density at radius 1 is 1.00 bits per heavy atom. The van der Waals surface area contributed by atoms with Gasteiger partial charge in [0, 0.05) is 58.3 Å². The molecule has 2 aromatic carbocycles. The number of likely N-dealkylation sites (tertiary alicyclic amines) is 1. The molecule has 0 bridgehead atoms. The van der Waals surface area contributed by atoms with E-state index in [0.29, 0.717) is 22.2 Å². The van der Waals surface area contributed by atoms with Crippen molar-refractivity contribution >= 4 is 35.0 Å². The standard InChI is InChI=1S/C28H32Cl2N4O2/c1-28(2,3)27(36)33-11-9-19(10-12-33)25-16-24(21-13-22(29)15-23(30)14-21)32-34(25)17-18-5-7-20(8-6-18)26(35)31-4/h5-8,13-16,19H,9-12,17H2,1-4H3,(H,31,35). The Labute approximate surface area is 222 Å². The van der Waals surface area contributed by atoms with Gasteiger partial charge in [0.2, 0.25) is 5.91 Å². The maximum atomic E-state index is 12.8. The molecule has 36 heavy (non-hydrogen) atoms. The van der Waals surface area contributed by atoms with E-state index in [9.17, 15) is 9.59 Å². The summed E-state index contributed by atoms with van der Waals surface area (Å²) >= 11 is 12.5. The van der Waals surface area contributed by atoms with Gasteiger partial charge in [0.25, 0.3) is 5.91 Å². The highest BCUT2D eigenvalue weighted by atomic mass is 35.5. The number of halogens is 2. The Bertz CT molecular complexity index is 1230. The van der Waals surface area contributed by atoms with Gasteiger partial charge < -0.3 is 10.2 Å². The number of rotatable bonds is 5. The summed E-state index contributed by atoms with van der Waals surface area (Å²) in [5.41, 5.74) is 4.08. The lowest BCUT2D eigenvalue weighted by Crippen LogP contribution is -2.43. The first-order valence-electron chi connectivity index (χ1n) is 12.2. The number of carbonyl (C=O) groups is 2. The summed E-state index contributed by atoms with van der Waals surface area (Å²) in [4.78, 5) is 26.7. The second kappa shape index (κ2) is 10.7. The molecule has 1 saturated heterocycles. The summed E-state index contributed by atoms with van der Waals surface area (Å²) in [6.45, 7) is 7.92. The molecule has 3 aromatic rings. The summed E-state index contributed by atoms with van der Waals surface area (Å²) in [7, 11) is 1.62. The van der Waals surface area contributed by atoms with Gasteiger partial charge in [-0.05, 0) is 54.8 Å². The van der Waals surface area contributed by atoms with Gasteiger partial charge in [-0.25, -0.2) is 0 Å². The molecule has 0 aliphatic carbocycles. The predicted molar refractivity (Wildman–Crippen MR) is 145 cm³/mol. The topological polar surface area (TPSA) is 67.2 Å². The maximum Gasteiger partial charge on any atom is 0.251 e. The van der Waals surface area contributed by atoms with Crippen molar-refractivity contribution in [3.63, 3.8) is 0 Å². The quantitative estimate of drug-likeness (QED) is 0.442. The highest BCUT2D eigenvalue weighted by molar-refractivity contribution is 6.35. The minimum atomic E-state index is -0.380. The van der Waals surface area contributed by atoms with Crippen LogP contribution >= 0.6 is 23.2 Å². The third-order valence-electron chi connectivity index (χ3n) is 6.59. The first-order chi connectivity index (χ1) is 17.0. The molecule has 2 amide bonds. The lowest BCUT2D eigenvalue weighted by atomic mass is 9.89. The monoisotopic (exact) mass is 526 g/mol. The van der Waals surface area contributed by atoms with E-state index in [2.05, 4.69) is 11.4 Å². The van der Waals surface area contributed by atoms with Crippen LogP contribution in [0.5, 0.6) is 0 Å².